The predicted octanol–water partition coefficient (Wildman–Crippen LogP) is 2.56. The predicted molar refractivity (Wildman–Crippen MR) is 79.8 cm³/mol. The van der Waals surface area contributed by atoms with Crippen LogP contribution in [0.1, 0.15) is 42.2 Å². The molecular weight excluding hydrogens is 300 g/mol. The van der Waals surface area contributed by atoms with Crippen molar-refractivity contribution in [1.82, 2.24) is 0 Å². The molecule has 0 spiro atoms. The minimum absolute atomic E-state index is 0.0310. The number of sulfone groups is 1. The van der Waals surface area contributed by atoms with Crippen LogP contribution in [0.4, 0.5) is 0 Å². The molecule has 1 rings (SSSR count). The van der Waals surface area contributed by atoms with Crippen molar-refractivity contribution in [3.63, 3.8) is 0 Å². The van der Waals surface area contributed by atoms with Crippen molar-refractivity contribution in [2.45, 2.75) is 33.1 Å². The van der Waals surface area contributed by atoms with Crippen LogP contribution in [0.2, 0.25) is 0 Å². The first kappa shape index (κ1) is 17.0. The molecule has 0 radical (unpaired) electrons. The zero-order valence-corrected chi connectivity index (χ0v) is 13.7. The first-order valence-corrected chi connectivity index (χ1v) is 8.91. The van der Waals surface area contributed by atoms with Crippen molar-refractivity contribution in [2.75, 3.05) is 18.1 Å². The van der Waals surface area contributed by atoms with Crippen LogP contribution in [0.25, 0.3) is 0 Å². The van der Waals surface area contributed by atoms with Crippen LogP contribution in [0.15, 0.2) is 6.07 Å². The van der Waals surface area contributed by atoms with E-state index < -0.39 is 15.8 Å². The van der Waals surface area contributed by atoms with Gasteiger partial charge in [0.05, 0.1) is 5.75 Å². The molecule has 1 heterocycles. The van der Waals surface area contributed by atoms with Gasteiger partial charge in [0.1, 0.15) is 12.4 Å². The molecule has 0 aromatic carbocycles. The smallest absolute Gasteiger partial charge is 0.349 e. The molecule has 0 aliphatic heterocycles. The summed E-state index contributed by atoms with van der Waals surface area (Å²) in [5, 5.41) is 9.16. The number of ether oxygens (including phenoxy) is 1. The van der Waals surface area contributed by atoms with Crippen LogP contribution >= 0.6 is 11.3 Å². The summed E-state index contributed by atoms with van der Waals surface area (Å²) in [6, 6.07) is 1.69. The first-order valence-electron chi connectivity index (χ1n) is 6.27. The summed E-state index contributed by atoms with van der Waals surface area (Å²) in [6.07, 6.45) is 0. The monoisotopic (exact) mass is 320 g/mol. The van der Waals surface area contributed by atoms with E-state index >= 15 is 0 Å². The lowest BCUT2D eigenvalue weighted by Crippen LogP contribution is -2.16. The van der Waals surface area contributed by atoms with E-state index in [1.807, 2.05) is 20.8 Å². The summed E-state index contributed by atoms with van der Waals surface area (Å²) in [4.78, 5) is 12.2. The topological polar surface area (TPSA) is 80.7 Å². The minimum Gasteiger partial charge on any atom is -0.491 e. The Bertz CT molecular complexity index is 578. The number of hydrogen-bond acceptors (Lipinski definition) is 5. The van der Waals surface area contributed by atoms with Gasteiger partial charge in [-0.2, -0.15) is 0 Å². The van der Waals surface area contributed by atoms with Gasteiger partial charge in [0.2, 0.25) is 0 Å². The van der Waals surface area contributed by atoms with Crippen molar-refractivity contribution < 1.29 is 23.1 Å². The van der Waals surface area contributed by atoms with Crippen LogP contribution < -0.4 is 4.74 Å². The van der Waals surface area contributed by atoms with Crippen LogP contribution in [-0.4, -0.2) is 37.6 Å². The van der Waals surface area contributed by atoms with Crippen molar-refractivity contribution >= 4 is 27.1 Å². The zero-order valence-electron chi connectivity index (χ0n) is 12.1. The molecule has 0 fully saturated rings. The van der Waals surface area contributed by atoms with Gasteiger partial charge in [-0.3, -0.25) is 0 Å². The highest BCUT2D eigenvalue weighted by atomic mass is 32.2. The second-order valence-electron chi connectivity index (χ2n) is 5.44. The van der Waals surface area contributed by atoms with Crippen molar-refractivity contribution in [1.29, 1.82) is 0 Å². The molecule has 114 valence electrons. The molecule has 0 unspecified atom stereocenters. The summed E-state index contributed by atoms with van der Waals surface area (Å²) in [5.41, 5.74) is -0.175. The molecule has 5 nitrogen and oxygen atoms in total. The van der Waals surface area contributed by atoms with Gasteiger partial charge >= 0.3 is 5.97 Å². The van der Waals surface area contributed by atoms with E-state index in [9.17, 15) is 13.2 Å². The minimum atomic E-state index is -3.11. The van der Waals surface area contributed by atoms with Crippen LogP contribution in [0, 0.1) is 0 Å². The van der Waals surface area contributed by atoms with E-state index in [0.717, 1.165) is 16.2 Å². The van der Waals surface area contributed by atoms with E-state index in [0.29, 0.717) is 0 Å². The lowest BCUT2D eigenvalue weighted by atomic mass is 9.95. The molecule has 0 aliphatic rings. The zero-order chi connectivity index (χ0) is 15.6. The average molecular weight is 320 g/mol. The van der Waals surface area contributed by atoms with Gasteiger partial charge in [-0.1, -0.05) is 27.7 Å². The Morgan fingerprint density at radius 1 is 1.40 bits per heavy atom. The van der Waals surface area contributed by atoms with Gasteiger partial charge < -0.3 is 9.84 Å². The summed E-state index contributed by atoms with van der Waals surface area (Å²) < 4.78 is 28.1. The lowest BCUT2D eigenvalue weighted by molar-refractivity contribution is 0.0698. The van der Waals surface area contributed by atoms with E-state index in [1.54, 1.807) is 13.0 Å². The highest BCUT2D eigenvalue weighted by molar-refractivity contribution is 7.91. The second kappa shape index (κ2) is 6.13. The molecular formula is C13H20O5S2. The Balaban J connectivity index is 2.89. The SMILES string of the molecule is CCS(=O)(=O)CCOc1cc(C(C)(C)C)sc1C(=O)O. The Hall–Kier alpha value is -1.08. The normalized spacial score (nSPS) is 12.4. The van der Waals surface area contributed by atoms with E-state index in [-0.39, 0.29) is 34.2 Å². The molecule has 0 atom stereocenters. The fraction of sp³-hybridized carbons (Fsp3) is 0.615. The first-order chi connectivity index (χ1) is 9.07. The molecule has 7 heteroatoms. The molecule has 0 saturated heterocycles. The van der Waals surface area contributed by atoms with Gasteiger partial charge in [0, 0.05) is 10.6 Å². The maximum Gasteiger partial charge on any atom is 0.349 e. The summed E-state index contributed by atoms with van der Waals surface area (Å²) in [6.45, 7) is 7.48. The number of carboxylic acids is 1. The summed E-state index contributed by atoms with van der Waals surface area (Å²) in [7, 11) is -3.11. The third-order valence-electron chi connectivity index (χ3n) is 2.72. The Morgan fingerprint density at radius 2 is 2.00 bits per heavy atom. The van der Waals surface area contributed by atoms with Crippen molar-refractivity contribution in [2.24, 2.45) is 0 Å². The maximum absolute atomic E-state index is 11.4. The third-order valence-corrected chi connectivity index (χ3v) is 5.92. The molecule has 1 aromatic rings. The van der Waals surface area contributed by atoms with Crippen LogP contribution in [-0.2, 0) is 15.3 Å². The van der Waals surface area contributed by atoms with Crippen LogP contribution in [0.3, 0.4) is 0 Å². The molecule has 1 aromatic heterocycles. The quantitative estimate of drug-likeness (QED) is 0.871. The molecule has 0 bridgehead atoms. The number of hydrogen-bond donors (Lipinski definition) is 1. The second-order valence-corrected chi connectivity index (χ2v) is 8.97. The Kier molecular flexibility index (Phi) is 5.21. The fourth-order valence-electron chi connectivity index (χ4n) is 1.42. The van der Waals surface area contributed by atoms with Crippen molar-refractivity contribution in [3.05, 3.63) is 15.8 Å². The number of rotatable bonds is 6. The lowest BCUT2D eigenvalue weighted by Gasteiger charge is -2.14. The fourth-order valence-corrected chi connectivity index (χ4v) is 3.05. The van der Waals surface area contributed by atoms with Crippen LogP contribution in [0.5, 0.6) is 5.75 Å². The highest BCUT2D eigenvalue weighted by Gasteiger charge is 2.24. The number of aromatic carboxylic acids is 1. The van der Waals surface area contributed by atoms with E-state index in [1.165, 1.54) is 0 Å². The van der Waals surface area contributed by atoms with E-state index in [4.69, 9.17) is 9.84 Å². The van der Waals surface area contributed by atoms with Gasteiger partial charge in [0.15, 0.2) is 14.7 Å². The van der Waals surface area contributed by atoms with Gasteiger partial charge in [-0.25, -0.2) is 13.2 Å². The molecule has 0 aliphatic carbocycles. The average Bonchev–Trinajstić information content (AvgIpc) is 2.73. The van der Waals surface area contributed by atoms with Gasteiger partial charge in [-0.15, -0.1) is 11.3 Å². The number of thiophene rings is 1. The standard InChI is InChI=1S/C13H20O5S2/c1-5-20(16,17)7-6-18-9-8-10(13(2,3)4)19-11(9)12(14)15/h8H,5-7H2,1-4H3,(H,14,15). The van der Waals surface area contributed by atoms with E-state index in [2.05, 4.69) is 0 Å². The summed E-state index contributed by atoms with van der Waals surface area (Å²) >= 11 is 1.16. The molecule has 20 heavy (non-hydrogen) atoms. The maximum atomic E-state index is 11.4. The Labute approximate surface area is 123 Å². The largest absolute Gasteiger partial charge is 0.491 e. The third kappa shape index (κ3) is 4.49. The Morgan fingerprint density at radius 3 is 2.45 bits per heavy atom. The molecule has 1 N–H and O–H groups in total. The highest BCUT2D eigenvalue weighted by Crippen LogP contribution is 2.36. The number of carbonyl (C=O) groups is 1. The summed E-state index contributed by atoms with van der Waals surface area (Å²) in [5.74, 6) is -0.861. The van der Waals surface area contributed by atoms with Gasteiger partial charge in [-0.05, 0) is 11.5 Å². The number of carboxylic acid groups (broad SMARTS) is 1. The molecule has 0 saturated carbocycles. The molecule has 0 amide bonds. The van der Waals surface area contributed by atoms with Crippen molar-refractivity contribution in [3.8, 4) is 5.75 Å². The van der Waals surface area contributed by atoms with Gasteiger partial charge in [0.25, 0.3) is 0 Å².